The van der Waals surface area contributed by atoms with Gasteiger partial charge in [-0.3, -0.25) is 0 Å². The Morgan fingerprint density at radius 1 is 0.193 bits per heavy atom. The van der Waals surface area contributed by atoms with Gasteiger partial charge in [-0.1, -0.05) is 127 Å². The van der Waals surface area contributed by atoms with Crippen LogP contribution < -0.4 is 0 Å². The van der Waals surface area contributed by atoms with Crippen molar-refractivity contribution in [2.45, 2.75) is 0 Å². The minimum absolute atomic E-state index is 1.14. The van der Waals surface area contributed by atoms with E-state index < -0.39 is 0 Å². The molecule has 3 aromatic heterocycles. The Morgan fingerprint density at radius 2 is 0.544 bits per heavy atom. The second-order valence-corrected chi connectivity index (χ2v) is 15.0. The molecule has 266 valence electrons. The maximum Gasteiger partial charge on any atom is 0.0541 e. The van der Waals surface area contributed by atoms with Crippen LogP contribution in [0, 0.1) is 0 Å². The summed E-state index contributed by atoms with van der Waals surface area (Å²) in [5.41, 5.74) is 15.5. The zero-order chi connectivity index (χ0) is 37.5. The lowest BCUT2D eigenvalue weighted by Crippen LogP contribution is -1.97. The summed E-state index contributed by atoms with van der Waals surface area (Å²) >= 11 is 0. The predicted molar refractivity (Wildman–Crippen MR) is 240 cm³/mol. The molecule has 3 heterocycles. The molecule has 0 spiro atoms. The van der Waals surface area contributed by atoms with Gasteiger partial charge in [0, 0.05) is 49.4 Å². The average molecular weight is 726 g/mol. The van der Waals surface area contributed by atoms with E-state index in [4.69, 9.17) is 0 Å². The van der Waals surface area contributed by atoms with Crippen molar-refractivity contribution in [3.8, 4) is 39.3 Å². The van der Waals surface area contributed by atoms with E-state index in [9.17, 15) is 0 Å². The molecule has 0 N–H and O–H groups in total. The van der Waals surface area contributed by atoms with E-state index in [1.54, 1.807) is 0 Å². The van der Waals surface area contributed by atoms with E-state index in [1.807, 2.05) is 0 Å². The largest absolute Gasteiger partial charge is 0.309 e. The topological polar surface area (TPSA) is 14.8 Å². The van der Waals surface area contributed by atoms with E-state index in [2.05, 4.69) is 226 Å². The summed E-state index contributed by atoms with van der Waals surface area (Å²) in [5.74, 6) is 0. The van der Waals surface area contributed by atoms with Gasteiger partial charge in [0.15, 0.2) is 0 Å². The van der Waals surface area contributed by atoms with Crippen LogP contribution in [-0.4, -0.2) is 13.7 Å². The number of hydrogen-bond donors (Lipinski definition) is 0. The van der Waals surface area contributed by atoms with Crippen LogP contribution in [0.25, 0.3) is 105 Å². The van der Waals surface area contributed by atoms with Gasteiger partial charge in [-0.15, -0.1) is 0 Å². The number of para-hydroxylation sites is 4. The summed E-state index contributed by atoms with van der Waals surface area (Å²) < 4.78 is 7.19. The summed E-state index contributed by atoms with van der Waals surface area (Å²) in [6.07, 6.45) is 0. The van der Waals surface area contributed by atoms with Crippen LogP contribution in [-0.2, 0) is 0 Å². The summed E-state index contributed by atoms with van der Waals surface area (Å²) in [6.45, 7) is 0. The minimum Gasteiger partial charge on any atom is -0.309 e. The first-order valence-corrected chi connectivity index (χ1v) is 19.6. The van der Waals surface area contributed by atoms with Crippen molar-refractivity contribution in [3.63, 3.8) is 0 Å². The molecule has 0 aliphatic heterocycles. The molecule has 0 radical (unpaired) electrons. The molecule has 0 unspecified atom stereocenters. The molecule has 0 aliphatic rings. The Balaban J connectivity index is 0.972. The van der Waals surface area contributed by atoms with Gasteiger partial charge in [-0.2, -0.15) is 0 Å². The quantitative estimate of drug-likeness (QED) is 0.168. The smallest absolute Gasteiger partial charge is 0.0541 e. The van der Waals surface area contributed by atoms with E-state index in [-0.39, 0.29) is 0 Å². The molecular formula is C54H35N3. The number of fused-ring (bicyclic) bond motifs is 9. The van der Waals surface area contributed by atoms with Crippen LogP contribution >= 0.6 is 0 Å². The summed E-state index contributed by atoms with van der Waals surface area (Å²) in [6, 6.07) is 77.4. The highest BCUT2D eigenvalue weighted by atomic mass is 15.0. The molecule has 0 fully saturated rings. The number of rotatable bonds is 5. The lowest BCUT2D eigenvalue weighted by Gasteiger charge is -2.12. The van der Waals surface area contributed by atoms with Crippen molar-refractivity contribution in [3.05, 3.63) is 212 Å². The molecule has 3 heteroatoms. The number of aromatic nitrogens is 3. The van der Waals surface area contributed by atoms with Crippen molar-refractivity contribution < 1.29 is 0 Å². The maximum absolute atomic E-state index is 2.41. The Morgan fingerprint density at radius 3 is 1.02 bits per heavy atom. The SMILES string of the molecule is c1ccc(-c2cccc(-n3c4ccccc4c4cc(-c5ccc6c(c5)c5ccccc5n6-c5ccc(-n6c7ccccc7c7ccccc76)cc5)ccc43)c2)cc1. The number of hydrogen-bond acceptors (Lipinski definition) is 0. The highest BCUT2D eigenvalue weighted by molar-refractivity contribution is 6.13. The third-order valence-corrected chi connectivity index (χ3v) is 11.8. The molecule has 0 aliphatic carbocycles. The van der Waals surface area contributed by atoms with Gasteiger partial charge >= 0.3 is 0 Å². The molecule has 12 rings (SSSR count). The second-order valence-electron chi connectivity index (χ2n) is 15.0. The predicted octanol–water partition coefficient (Wildman–Crippen LogP) is 14.3. The highest BCUT2D eigenvalue weighted by Gasteiger charge is 2.17. The summed E-state index contributed by atoms with van der Waals surface area (Å²) in [4.78, 5) is 0. The molecule has 12 aromatic rings. The maximum atomic E-state index is 2.41. The zero-order valence-electron chi connectivity index (χ0n) is 31.0. The zero-order valence-corrected chi connectivity index (χ0v) is 31.0. The van der Waals surface area contributed by atoms with E-state index >= 15 is 0 Å². The van der Waals surface area contributed by atoms with Crippen LogP contribution in [0.15, 0.2) is 212 Å². The van der Waals surface area contributed by atoms with Crippen molar-refractivity contribution in [1.29, 1.82) is 0 Å². The van der Waals surface area contributed by atoms with Gasteiger partial charge in [0.05, 0.1) is 33.1 Å². The molecule has 57 heavy (non-hydrogen) atoms. The first-order valence-electron chi connectivity index (χ1n) is 19.6. The van der Waals surface area contributed by atoms with Gasteiger partial charge in [0.25, 0.3) is 0 Å². The Hall–Kier alpha value is -7.62. The molecule has 3 nitrogen and oxygen atoms in total. The fourth-order valence-electron chi connectivity index (χ4n) is 9.27. The Labute approximate surface area is 329 Å². The van der Waals surface area contributed by atoms with Gasteiger partial charge in [0.2, 0.25) is 0 Å². The van der Waals surface area contributed by atoms with Crippen LogP contribution in [0.2, 0.25) is 0 Å². The molecule has 0 saturated heterocycles. The number of nitrogens with zero attached hydrogens (tertiary/aromatic N) is 3. The fourth-order valence-corrected chi connectivity index (χ4v) is 9.27. The second kappa shape index (κ2) is 12.5. The molecular weight excluding hydrogens is 691 g/mol. The first kappa shape index (κ1) is 31.7. The van der Waals surface area contributed by atoms with Crippen LogP contribution in [0.5, 0.6) is 0 Å². The number of benzene rings is 9. The van der Waals surface area contributed by atoms with Gasteiger partial charge in [0.1, 0.15) is 0 Å². The molecule has 0 saturated carbocycles. The van der Waals surface area contributed by atoms with Crippen molar-refractivity contribution in [1.82, 2.24) is 13.7 Å². The van der Waals surface area contributed by atoms with Gasteiger partial charge in [-0.25, -0.2) is 0 Å². The normalized spacial score (nSPS) is 11.9. The highest BCUT2D eigenvalue weighted by Crippen LogP contribution is 2.39. The molecule has 0 bridgehead atoms. The van der Waals surface area contributed by atoms with Crippen molar-refractivity contribution >= 4 is 65.4 Å². The van der Waals surface area contributed by atoms with Crippen LogP contribution in [0.3, 0.4) is 0 Å². The summed E-state index contributed by atoms with van der Waals surface area (Å²) in [5, 5.41) is 7.54. The van der Waals surface area contributed by atoms with Crippen LogP contribution in [0.1, 0.15) is 0 Å². The van der Waals surface area contributed by atoms with Gasteiger partial charge in [-0.05, 0) is 107 Å². The van der Waals surface area contributed by atoms with Gasteiger partial charge < -0.3 is 13.7 Å². The molecule has 9 aromatic carbocycles. The molecule has 0 atom stereocenters. The third-order valence-electron chi connectivity index (χ3n) is 11.8. The fraction of sp³-hybridized carbons (Fsp3) is 0. The Kier molecular flexibility index (Phi) is 6.93. The third kappa shape index (κ3) is 4.86. The monoisotopic (exact) mass is 725 g/mol. The average Bonchev–Trinajstić information content (AvgIpc) is 3.92. The van der Waals surface area contributed by atoms with E-state index in [0.29, 0.717) is 0 Å². The summed E-state index contributed by atoms with van der Waals surface area (Å²) in [7, 11) is 0. The lowest BCUT2D eigenvalue weighted by molar-refractivity contribution is 1.14. The first-order chi connectivity index (χ1) is 28.3. The standard InChI is InChI=1S/C54H35N3/c1-2-13-36(14-3-1)37-15-12-16-42(33-37)57-52-24-11-7-20-46(52)48-35-39(26-32-54(48)57)38-25-31-53-47(34-38)45-19-6-10-23-51(45)56(53)41-29-27-40(28-30-41)55-49-21-8-4-17-43(49)44-18-5-9-22-50(44)55/h1-35H. The minimum atomic E-state index is 1.14. The lowest BCUT2D eigenvalue weighted by atomic mass is 10.0. The van der Waals surface area contributed by atoms with Crippen molar-refractivity contribution in [2.24, 2.45) is 0 Å². The van der Waals surface area contributed by atoms with E-state index in [1.165, 1.54) is 87.7 Å². The Bertz CT molecular complexity index is 3450. The van der Waals surface area contributed by atoms with E-state index in [0.717, 1.165) is 17.1 Å². The van der Waals surface area contributed by atoms with Crippen molar-refractivity contribution in [2.75, 3.05) is 0 Å². The van der Waals surface area contributed by atoms with Crippen LogP contribution in [0.4, 0.5) is 0 Å². The molecule has 0 amide bonds.